The quantitative estimate of drug-likeness (QED) is 0.0400. The first kappa shape index (κ1) is 49.8. The Bertz CT molecular complexity index is 1500. The number of quaternary nitrogens is 2. The summed E-state index contributed by atoms with van der Waals surface area (Å²) < 4.78 is 13.7. The highest BCUT2D eigenvalue weighted by molar-refractivity contribution is 5.86. The number of hydrogen-bond donors (Lipinski definition) is 2. The molecule has 0 atom stereocenters. The van der Waals surface area contributed by atoms with Crippen LogP contribution in [0.1, 0.15) is 140 Å². The van der Waals surface area contributed by atoms with Crippen molar-refractivity contribution in [2.45, 2.75) is 128 Å². The molecule has 0 bridgehead atoms. The molecule has 0 aliphatic heterocycles. The highest BCUT2D eigenvalue weighted by Gasteiger charge is 2.11. The number of benzene rings is 2. The molecule has 0 aromatic heterocycles. The normalized spacial score (nSPS) is 12.5. The highest BCUT2D eigenvalue weighted by Crippen LogP contribution is 2.23. The second-order valence-corrected chi connectivity index (χ2v) is 17.7. The van der Waals surface area contributed by atoms with Crippen molar-refractivity contribution in [1.29, 1.82) is 0 Å². The van der Waals surface area contributed by atoms with E-state index in [9.17, 15) is 10.2 Å². The summed E-state index contributed by atoms with van der Waals surface area (Å²) in [6.45, 7) is 3.62. The van der Waals surface area contributed by atoms with Gasteiger partial charge in [-0.25, -0.2) is 9.98 Å². The molecule has 10 nitrogen and oxygen atoms in total. The molecule has 0 heterocycles. The fourth-order valence-electron chi connectivity index (χ4n) is 6.58. The molecular formula is C48H76N6O4+2. The minimum atomic E-state index is -0.270. The van der Waals surface area contributed by atoms with Crippen LogP contribution in [0.15, 0.2) is 57.8 Å². The maximum atomic E-state index is 12.7. The molecule has 58 heavy (non-hydrogen) atoms. The van der Waals surface area contributed by atoms with Crippen LogP contribution in [0.25, 0.3) is 0 Å². The van der Waals surface area contributed by atoms with Crippen LogP contribution in [0.3, 0.4) is 0 Å². The summed E-state index contributed by atoms with van der Waals surface area (Å²) in [4.78, 5) is 8.35. The summed E-state index contributed by atoms with van der Waals surface area (Å²) in [7, 11) is 13.5. The number of rotatable bonds is 32. The predicted octanol–water partition coefficient (Wildman–Crippen LogP) is 6.10. The Labute approximate surface area is 351 Å². The second kappa shape index (κ2) is 28.9. The van der Waals surface area contributed by atoms with Crippen molar-refractivity contribution in [3.05, 3.63) is 58.9 Å². The van der Waals surface area contributed by atoms with E-state index in [4.69, 9.17) is 20.0 Å². The number of hydrogen-bond acceptors (Lipinski definition) is 6. The van der Waals surface area contributed by atoms with Gasteiger partial charge in [0, 0.05) is 12.4 Å². The van der Waals surface area contributed by atoms with Crippen molar-refractivity contribution in [2.24, 2.45) is 9.98 Å². The Balaban J connectivity index is 1.69. The minimum absolute atomic E-state index is 0.0973. The zero-order valence-electron chi connectivity index (χ0n) is 37.0. The van der Waals surface area contributed by atoms with Gasteiger partial charge in [0.25, 0.3) is 0 Å². The number of unbranched alkanes of at least 4 members (excludes halogenated alkanes) is 18. The average Bonchev–Trinajstić information content (AvgIpc) is 3.17. The molecule has 10 heteroatoms. The summed E-state index contributed by atoms with van der Waals surface area (Å²) in [5.41, 5.74) is 0.401. The van der Waals surface area contributed by atoms with Crippen LogP contribution in [-0.2, 0) is 0 Å². The summed E-state index contributed by atoms with van der Waals surface area (Å²) >= 11 is 0. The number of allylic oxidation sites excluding steroid dienone is 2. The van der Waals surface area contributed by atoms with Crippen molar-refractivity contribution in [1.82, 2.24) is 0 Å². The topological polar surface area (TPSA) is 137 Å². The van der Waals surface area contributed by atoms with Crippen LogP contribution in [0.4, 0.5) is 0 Å². The van der Waals surface area contributed by atoms with Crippen LogP contribution >= 0.6 is 0 Å². The molecule has 0 saturated heterocycles. The third-order valence-corrected chi connectivity index (χ3v) is 10.1. The van der Waals surface area contributed by atoms with Gasteiger partial charge in [-0.2, -0.15) is 0 Å². The molecule has 2 aromatic carbocycles. The first-order valence-corrected chi connectivity index (χ1v) is 22.0. The zero-order valence-corrected chi connectivity index (χ0v) is 37.0. The lowest BCUT2D eigenvalue weighted by atomic mass is 10.1. The number of aliphatic imine (C=N–C) groups is 2. The number of ether oxygens (including phenoxy) is 2. The Morgan fingerprint density at radius 1 is 0.500 bits per heavy atom. The third kappa shape index (κ3) is 24.4. The van der Waals surface area contributed by atoms with Gasteiger partial charge in [0.2, 0.25) is 11.4 Å². The van der Waals surface area contributed by atoms with E-state index in [-0.39, 0.29) is 22.9 Å². The second-order valence-electron chi connectivity index (χ2n) is 17.7. The van der Waals surface area contributed by atoms with Gasteiger partial charge in [0.15, 0.2) is 0 Å². The fraction of sp³-hybridized carbons (Fsp3) is 0.625. The van der Waals surface area contributed by atoms with E-state index in [1.165, 1.54) is 140 Å². The van der Waals surface area contributed by atoms with Crippen LogP contribution < -0.4 is 30.2 Å². The van der Waals surface area contributed by atoms with Crippen LogP contribution in [-0.4, -0.2) is 90.0 Å². The summed E-state index contributed by atoms with van der Waals surface area (Å²) in [6.07, 6.45) is 27.5. The number of nitrogens with one attached hydrogen (secondary N) is 2. The predicted molar refractivity (Wildman–Crippen MR) is 233 cm³/mol. The van der Waals surface area contributed by atoms with Crippen molar-refractivity contribution in [2.75, 3.05) is 68.6 Å². The summed E-state index contributed by atoms with van der Waals surface area (Å²) in [6, 6.07) is 13.9. The molecule has 0 fully saturated rings. The smallest absolute Gasteiger partial charge is 0.332 e. The van der Waals surface area contributed by atoms with E-state index in [0.717, 1.165) is 34.6 Å². The van der Waals surface area contributed by atoms with Crippen LogP contribution in [0.2, 0.25) is 0 Å². The van der Waals surface area contributed by atoms with E-state index in [0.29, 0.717) is 35.8 Å². The van der Waals surface area contributed by atoms with Gasteiger partial charge < -0.3 is 28.7 Å². The van der Waals surface area contributed by atoms with Gasteiger partial charge in [-0.05, 0) is 73.9 Å². The molecule has 0 spiro atoms. The van der Waals surface area contributed by atoms with Crippen molar-refractivity contribution in [3.63, 3.8) is 0 Å². The van der Waals surface area contributed by atoms with Crippen LogP contribution in [0.5, 0.6) is 23.0 Å². The third-order valence-electron chi connectivity index (χ3n) is 10.1. The highest BCUT2D eigenvalue weighted by atomic mass is 16.5. The first-order valence-electron chi connectivity index (χ1n) is 22.0. The lowest BCUT2D eigenvalue weighted by Crippen LogP contribution is -2.35. The van der Waals surface area contributed by atoms with Gasteiger partial charge in [0.05, 0.1) is 68.6 Å². The Morgan fingerprint density at radius 2 is 0.793 bits per heavy atom. The van der Waals surface area contributed by atoms with E-state index in [2.05, 4.69) is 64.4 Å². The van der Waals surface area contributed by atoms with Crippen molar-refractivity contribution in [3.8, 4) is 35.1 Å². The van der Waals surface area contributed by atoms with Gasteiger partial charge in [-0.1, -0.05) is 124 Å². The molecule has 0 unspecified atom stereocenters. The zero-order chi connectivity index (χ0) is 42.5. The monoisotopic (exact) mass is 801 g/mol. The van der Waals surface area contributed by atoms with Gasteiger partial charge in [-0.3, -0.25) is 0 Å². The van der Waals surface area contributed by atoms with Gasteiger partial charge in [0.1, 0.15) is 11.5 Å². The Hall–Kier alpha value is -4.38. The number of nitrogens with zero attached hydrogens (tertiary/aromatic N) is 4. The Morgan fingerprint density at radius 3 is 1.07 bits per heavy atom. The SMILES string of the molecule is C[N+](C)(C)CCCCCCCCCCCCOc1ccc(C=N/C(C#[NH+])=C(\C#[NH+])N=Cc2ccc(OCCCCCCCCCCCC[N+](C)(C)C)cc2[O-])c([O-])c1. The first-order chi connectivity index (χ1) is 27.8. The molecule has 2 N–H and O–H groups in total. The molecule has 0 aliphatic carbocycles. The van der Waals surface area contributed by atoms with E-state index < -0.39 is 0 Å². The molecule has 0 radical (unpaired) electrons. The van der Waals surface area contributed by atoms with Gasteiger partial charge in [-0.15, -0.1) is 0 Å². The lowest BCUT2D eigenvalue weighted by molar-refractivity contribution is -0.870. The summed E-state index contributed by atoms with van der Waals surface area (Å²) in [5.74, 6) is 0.484. The molecule has 320 valence electrons. The molecule has 2 aromatic rings. The largest absolute Gasteiger partial charge is 0.872 e. The summed E-state index contributed by atoms with van der Waals surface area (Å²) in [5, 5.41) is 40.9. The standard InChI is InChI=1S/C48H74N6O4/c1-53(2,3)31-23-19-15-11-7-9-13-17-21-25-33-57-43-29-27-41(47(55)35-43)39-51-45(37-49)46(38-50)52-40-42-28-30-44(36-48(42)56)58-34-26-22-18-14-10-8-12-16-20-24-32-54(4,5)6/h27-30,35-36,39-40H,7-26,31-34H2,1-6H3/p+2/b46-45+. The van der Waals surface area contributed by atoms with E-state index >= 15 is 0 Å². The van der Waals surface area contributed by atoms with Crippen LogP contribution in [0, 0.1) is 12.1 Å². The molecule has 0 amide bonds. The maximum absolute atomic E-state index is 12.7. The average molecular weight is 801 g/mol. The molecule has 0 saturated carbocycles. The van der Waals surface area contributed by atoms with E-state index in [1.807, 2.05) is 0 Å². The maximum Gasteiger partial charge on any atom is 0.332 e. The Kier molecular flexibility index (Phi) is 24.8. The fourth-order valence-corrected chi connectivity index (χ4v) is 6.58. The van der Waals surface area contributed by atoms with Crippen molar-refractivity contribution < 1.29 is 39.2 Å². The lowest BCUT2D eigenvalue weighted by Gasteiger charge is -2.23. The molecule has 2 rings (SSSR count). The molecular weight excluding hydrogens is 725 g/mol. The molecule has 0 aliphatic rings. The minimum Gasteiger partial charge on any atom is -0.872 e. The van der Waals surface area contributed by atoms with E-state index in [1.54, 1.807) is 24.3 Å². The van der Waals surface area contributed by atoms with Crippen molar-refractivity contribution >= 4 is 12.4 Å². The van der Waals surface area contributed by atoms with Gasteiger partial charge >= 0.3 is 12.1 Å².